The Morgan fingerprint density at radius 3 is 2.80 bits per heavy atom. The van der Waals surface area contributed by atoms with Gasteiger partial charge in [-0.3, -0.25) is 0 Å². The molecule has 2 unspecified atom stereocenters. The van der Waals surface area contributed by atoms with Gasteiger partial charge in [-0.25, -0.2) is 0 Å². The van der Waals surface area contributed by atoms with Crippen LogP contribution in [0.15, 0.2) is 18.2 Å². The molecule has 2 atom stereocenters. The van der Waals surface area contributed by atoms with Crippen molar-refractivity contribution in [1.82, 2.24) is 0 Å². The van der Waals surface area contributed by atoms with Gasteiger partial charge < -0.3 is 15.4 Å². The maximum absolute atomic E-state index is 6.38. The molecule has 1 aromatic rings. The minimum Gasteiger partial charge on any atom is -0.489 e. The highest BCUT2D eigenvalue weighted by Gasteiger charge is 2.35. The number of rotatable bonds is 3. The molecule has 0 aromatic heterocycles. The second-order valence-corrected chi connectivity index (χ2v) is 6.45. The summed E-state index contributed by atoms with van der Waals surface area (Å²) >= 11 is 0. The van der Waals surface area contributed by atoms with Gasteiger partial charge in [0.15, 0.2) is 0 Å². The largest absolute Gasteiger partial charge is 0.489 e. The zero-order valence-electron chi connectivity index (χ0n) is 12.6. The van der Waals surface area contributed by atoms with Crippen LogP contribution in [0.25, 0.3) is 0 Å². The van der Waals surface area contributed by atoms with Crippen molar-refractivity contribution >= 4 is 11.4 Å². The summed E-state index contributed by atoms with van der Waals surface area (Å²) in [6.07, 6.45) is 6.92. The second kappa shape index (κ2) is 5.55. The molecule has 2 fully saturated rings. The summed E-state index contributed by atoms with van der Waals surface area (Å²) < 4.78 is 5.84. The van der Waals surface area contributed by atoms with Crippen molar-refractivity contribution in [2.75, 3.05) is 17.2 Å². The maximum Gasteiger partial charge on any atom is 0.144 e. The number of anilines is 2. The van der Waals surface area contributed by atoms with Crippen LogP contribution in [0.2, 0.25) is 0 Å². The van der Waals surface area contributed by atoms with Crippen molar-refractivity contribution in [1.29, 1.82) is 0 Å². The molecule has 3 nitrogen and oxygen atoms in total. The predicted octanol–water partition coefficient (Wildman–Crippen LogP) is 3.82. The fraction of sp³-hybridized carbons (Fsp3) is 0.647. The number of benzene rings is 1. The molecule has 2 N–H and O–H groups in total. The van der Waals surface area contributed by atoms with E-state index in [4.69, 9.17) is 10.5 Å². The summed E-state index contributed by atoms with van der Waals surface area (Å²) in [4.78, 5) is 2.55. The summed E-state index contributed by atoms with van der Waals surface area (Å²) in [5.74, 6) is 1.70. The average Bonchev–Trinajstić information content (AvgIpc) is 2.89. The third kappa shape index (κ3) is 2.46. The Labute approximate surface area is 122 Å². The number of nitrogens with two attached hydrogens (primary N) is 1. The molecule has 1 saturated carbocycles. The van der Waals surface area contributed by atoms with Crippen molar-refractivity contribution in [2.24, 2.45) is 5.92 Å². The third-order valence-corrected chi connectivity index (χ3v) is 4.71. The van der Waals surface area contributed by atoms with Crippen LogP contribution in [0, 0.1) is 5.92 Å². The predicted molar refractivity (Wildman–Crippen MR) is 84.3 cm³/mol. The molecule has 1 heterocycles. The SMILES string of the molecule is CC(C)Oc1cccc(N2CCCC3CCCC32)c1N. The molecule has 1 aromatic carbocycles. The van der Waals surface area contributed by atoms with Gasteiger partial charge in [-0.1, -0.05) is 12.5 Å². The second-order valence-electron chi connectivity index (χ2n) is 6.45. The summed E-state index contributed by atoms with van der Waals surface area (Å²) in [6, 6.07) is 6.90. The van der Waals surface area contributed by atoms with E-state index in [1.807, 2.05) is 19.9 Å². The van der Waals surface area contributed by atoms with Crippen molar-refractivity contribution in [3.63, 3.8) is 0 Å². The van der Waals surface area contributed by atoms with E-state index in [2.05, 4.69) is 17.0 Å². The number of hydrogen-bond acceptors (Lipinski definition) is 3. The number of nitrogens with zero attached hydrogens (tertiary/aromatic N) is 1. The minimum atomic E-state index is 0.160. The molecule has 1 aliphatic heterocycles. The Kier molecular flexibility index (Phi) is 3.77. The van der Waals surface area contributed by atoms with E-state index in [1.165, 1.54) is 37.8 Å². The Bertz CT molecular complexity index is 472. The first-order chi connectivity index (χ1) is 9.66. The molecule has 0 spiro atoms. The topological polar surface area (TPSA) is 38.5 Å². The van der Waals surface area contributed by atoms with Gasteiger partial charge in [0, 0.05) is 12.6 Å². The smallest absolute Gasteiger partial charge is 0.144 e. The van der Waals surface area contributed by atoms with Gasteiger partial charge >= 0.3 is 0 Å². The number of piperidine rings is 1. The quantitative estimate of drug-likeness (QED) is 0.851. The van der Waals surface area contributed by atoms with Crippen LogP contribution in [0.5, 0.6) is 5.75 Å². The van der Waals surface area contributed by atoms with E-state index in [1.54, 1.807) is 0 Å². The molecular weight excluding hydrogens is 248 g/mol. The Morgan fingerprint density at radius 2 is 2.00 bits per heavy atom. The summed E-state index contributed by atoms with van der Waals surface area (Å²) in [5, 5.41) is 0. The first-order valence-electron chi connectivity index (χ1n) is 7.98. The monoisotopic (exact) mass is 274 g/mol. The normalized spacial score (nSPS) is 25.9. The lowest BCUT2D eigenvalue weighted by molar-refractivity contribution is 0.244. The van der Waals surface area contributed by atoms with Crippen molar-refractivity contribution in [2.45, 2.75) is 58.1 Å². The van der Waals surface area contributed by atoms with E-state index in [0.29, 0.717) is 6.04 Å². The average molecular weight is 274 g/mol. The van der Waals surface area contributed by atoms with Crippen LogP contribution in [0.3, 0.4) is 0 Å². The van der Waals surface area contributed by atoms with Crippen LogP contribution >= 0.6 is 0 Å². The van der Waals surface area contributed by atoms with Crippen LogP contribution in [0.4, 0.5) is 11.4 Å². The molecule has 110 valence electrons. The molecule has 0 amide bonds. The van der Waals surface area contributed by atoms with E-state index in [9.17, 15) is 0 Å². The van der Waals surface area contributed by atoms with Gasteiger partial charge in [-0.05, 0) is 57.6 Å². The van der Waals surface area contributed by atoms with Crippen LogP contribution in [0.1, 0.15) is 46.0 Å². The summed E-state index contributed by atoms with van der Waals surface area (Å²) in [7, 11) is 0. The van der Waals surface area contributed by atoms with E-state index in [-0.39, 0.29) is 6.10 Å². The third-order valence-electron chi connectivity index (χ3n) is 4.71. The van der Waals surface area contributed by atoms with Crippen molar-refractivity contribution < 1.29 is 4.74 Å². The molecular formula is C17H26N2O. The number of ether oxygens (including phenoxy) is 1. The Hall–Kier alpha value is -1.38. The molecule has 3 rings (SSSR count). The molecule has 2 aliphatic rings. The number of hydrogen-bond donors (Lipinski definition) is 1. The van der Waals surface area contributed by atoms with E-state index >= 15 is 0 Å². The van der Waals surface area contributed by atoms with Gasteiger partial charge in [0.25, 0.3) is 0 Å². The van der Waals surface area contributed by atoms with Crippen LogP contribution < -0.4 is 15.4 Å². The Morgan fingerprint density at radius 1 is 1.20 bits per heavy atom. The van der Waals surface area contributed by atoms with Gasteiger partial charge in [0.2, 0.25) is 0 Å². The van der Waals surface area contributed by atoms with Gasteiger partial charge in [-0.2, -0.15) is 0 Å². The van der Waals surface area contributed by atoms with Crippen LogP contribution in [-0.2, 0) is 0 Å². The molecule has 1 aliphatic carbocycles. The standard InChI is InChI=1S/C17H26N2O/c1-12(2)20-16-10-4-9-15(17(16)18)19-11-5-7-13-6-3-8-14(13)19/h4,9-10,12-14H,3,5-8,11,18H2,1-2H3. The van der Waals surface area contributed by atoms with Gasteiger partial charge in [0.1, 0.15) is 5.75 Å². The highest BCUT2D eigenvalue weighted by molar-refractivity contribution is 5.74. The fourth-order valence-electron chi connectivity index (χ4n) is 3.89. The number of para-hydroxylation sites is 1. The van der Waals surface area contributed by atoms with Crippen molar-refractivity contribution in [3.05, 3.63) is 18.2 Å². The first kappa shape index (κ1) is 13.6. The van der Waals surface area contributed by atoms with Crippen LogP contribution in [-0.4, -0.2) is 18.7 Å². The first-order valence-corrected chi connectivity index (χ1v) is 7.98. The molecule has 0 radical (unpaired) electrons. The van der Waals surface area contributed by atoms with E-state index < -0.39 is 0 Å². The lowest BCUT2D eigenvalue weighted by Crippen LogP contribution is -2.43. The Balaban J connectivity index is 1.89. The zero-order chi connectivity index (χ0) is 14.1. The lowest BCUT2D eigenvalue weighted by atomic mass is 9.91. The summed E-state index contributed by atoms with van der Waals surface area (Å²) in [5.41, 5.74) is 8.37. The number of nitrogen functional groups attached to an aromatic ring is 1. The maximum atomic E-state index is 6.38. The highest BCUT2D eigenvalue weighted by atomic mass is 16.5. The molecule has 3 heteroatoms. The lowest BCUT2D eigenvalue weighted by Gasteiger charge is -2.40. The zero-order valence-corrected chi connectivity index (χ0v) is 12.6. The van der Waals surface area contributed by atoms with Gasteiger partial charge in [0.05, 0.1) is 17.5 Å². The van der Waals surface area contributed by atoms with Crippen molar-refractivity contribution in [3.8, 4) is 5.75 Å². The highest BCUT2D eigenvalue weighted by Crippen LogP contribution is 2.42. The molecule has 0 bridgehead atoms. The molecule has 20 heavy (non-hydrogen) atoms. The van der Waals surface area contributed by atoms with Gasteiger partial charge in [-0.15, -0.1) is 0 Å². The fourth-order valence-corrected chi connectivity index (χ4v) is 3.89. The summed E-state index contributed by atoms with van der Waals surface area (Å²) in [6.45, 7) is 5.22. The minimum absolute atomic E-state index is 0.160. The number of fused-ring (bicyclic) bond motifs is 1. The molecule has 1 saturated heterocycles. The van der Waals surface area contributed by atoms with E-state index in [0.717, 1.165) is 23.9 Å².